The average Bonchev–Trinajstić information content (AvgIpc) is 3.65. The highest BCUT2D eigenvalue weighted by Gasteiger charge is 2.40. The number of benzene rings is 1. The minimum atomic E-state index is -1.52. The minimum Gasteiger partial charge on any atom is -0.480 e. The third-order valence-corrected chi connectivity index (χ3v) is 9.88. The molecule has 1 aliphatic heterocycles. The van der Waals surface area contributed by atoms with Gasteiger partial charge in [-0.2, -0.15) is 12.6 Å². The van der Waals surface area contributed by atoms with Gasteiger partial charge in [0, 0.05) is 18.7 Å². The van der Waals surface area contributed by atoms with Crippen molar-refractivity contribution in [1.82, 2.24) is 31.5 Å². The first-order valence-corrected chi connectivity index (χ1v) is 19.4. The van der Waals surface area contributed by atoms with Crippen LogP contribution in [-0.4, -0.2) is 124 Å². The molecule has 1 aromatic rings. The number of carboxylic acid groups (broad SMARTS) is 1. The summed E-state index contributed by atoms with van der Waals surface area (Å²) in [7, 11) is 0. The molecule has 1 heterocycles. The van der Waals surface area contributed by atoms with E-state index in [1.807, 2.05) is 6.07 Å². The second-order valence-corrected chi connectivity index (χ2v) is 14.8. The van der Waals surface area contributed by atoms with E-state index >= 15 is 0 Å². The standard InChI is InChI=1S/C37H58N8O10S/c1-5-21(4)30(35(52)43-27(19-56)37(54)55)44-34(51)28-12-9-15-45(28)36(53)26(18-46)42-33(50)25(16-20(2)3)41-32(49)24(13-14-29(39)47)40-31(48)23(38)17-22-10-7-6-8-11-22/h6-8,10-11,20-21,23-28,30,46,56H,5,9,12-19,38H2,1-4H3,(H2,39,47)(H,40,48)(H,41,49)(H,42,50)(H,43,52)(H,44,51)(H,54,55)/t21-,23-,24-,25-,26-,27-,28-,30-/m0/s1. The fraction of sp³-hybridized carbons (Fsp3) is 0.622. The zero-order valence-corrected chi connectivity index (χ0v) is 33.3. The molecule has 8 atom stereocenters. The number of thiol groups is 1. The smallest absolute Gasteiger partial charge is 0.327 e. The van der Waals surface area contributed by atoms with Gasteiger partial charge in [-0.1, -0.05) is 64.4 Å². The molecule has 0 aromatic heterocycles. The number of aliphatic hydroxyl groups excluding tert-OH is 1. The van der Waals surface area contributed by atoms with E-state index in [1.54, 1.807) is 52.0 Å². The van der Waals surface area contributed by atoms with Crippen LogP contribution in [0.2, 0.25) is 0 Å². The van der Waals surface area contributed by atoms with Gasteiger partial charge in [0.05, 0.1) is 12.6 Å². The number of aliphatic carboxylic acids is 1. The zero-order valence-electron chi connectivity index (χ0n) is 32.4. The first kappa shape index (κ1) is 47.4. The number of carbonyl (C=O) groups excluding carboxylic acids is 7. The van der Waals surface area contributed by atoms with Gasteiger partial charge in [-0.05, 0) is 49.5 Å². The Hall–Kier alpha value is -4.75. The van der Waals surface area contributed by atoms with Gasteiger partial charge in [0.1, 0.15) is 36.3 Å². The number of aliphatic hydroxyl groups is 1. The Morgan fingerprint density at radius 2 is 1.45 bits per heavy atom. The maximum Gasteiger partial charge on any atom is 0.327 e. The number of primary amides is 1. The second kappa shape index (κ2) is 23.3. The number of hydrogen-bond donors (Lipinski definition) is 10. The molecule has 19 heteroatoms. The van der Waals surface area contributed by atoms with Gasteiger partial charge in [0.2, 0.25) is 41.4 Å². The van der Waals surface area contributed by atoms with Crippen LogP contribution in [0.15, 0.2) is 30.3 Å². The van der Waals surface area contributed by atoms with Crippen LogP contribution in [0, 0.1) is 11.8 Å². The van der Waals surface area contributed by atoms with E-state index in [0.29, 0.717) is 12.8 Å². The Bertz CT molecular complexity index is 1530. The highest BCUT2D eigenvalue weighted by Crippen LogP contribution is 2.20. The SMILES string of the molecule is CC[C@H](C)[C@H](NC(=O)[C@@H]1CCCN1C(=O)[C@H](CO)NC(=O)[C@H](CC(C)C)NC(=O)[C@H](CCC(N)=O)NC(=O)[C@@H](N)Cc1ccccc1)C(=O)N[C@@H](CS)C(=O)O. The normalized spacial score (nSPS) is 17.6. The molecule has 7 amide bonds. The predicted octanol–water partition coefficient (Wildman–Crippen LogP) is -1.66. The number of nitrogens with zero attached hydrogens (tertiary/aromatic N) is 1. The monoisotopic (exact) mass is 806 g/mol. The van der Waals surface area contributed by atoms with Crippen LogP contribution in [-0.2, 0) is 44.8 Å². The maximum atomic E-state index is 13.8. The molecule has 0 saturated carbocycles. The molecule has 2 rings (SSSR count). The predicted molar refractivity (Wildman–Crippen MR) is 208 cm³/mol. The molecular formula is C37H58N8O10S. The van der Waals surface area contributed by atoms with Crippen molar-refractivity contribution in [3.8, 4) is 0 Å². The number of nitrogens with two attached hydrogens (primary N) is 2. The van der Waals surface area contributed by atoms with Gasteiger partial charge in [-0.3, -0.25) is 33.6 Å². The number of carbonyl (C=O) groups is 8. The molecule has 1 fully saturated rings. The van der Waals surface area contributed by atoms with Crippen molar-refractivity contribution in [3.05, 3.63) is 35.9 Å². The van der Waals surface area contributed by atoms with Gasteiger partial charge in [-0.25, -0.2) is 4.79 Å². The lowest BCUT2D eigenvalue weighted by Gasteiger charge is -2.31. The number of likely N-dealkylation sites (tertiary alicyclic amines) is 1. The van der Waals surface area contributed by atoms with Crippen LogP contribution in [0.5, 0.6) is 0 Å². The number of amides is 7. The van der Waals surface area contributed by atoms with Crippen LogP contribution in [0.1, 0.15) is 71.8 Å². The van der Waals surface area contributed by atoms with Crippen LogP contribution in [0.3, 0.4) is 0 Å². The van der Waals surface area contributed by atoms with Gasteiger partial charge in [0.25, 0.3) is 0 Å². The molecule has 18 nitrogen and oxygen atoms in total. The summed E-state index contributed by atoms with van der Waals surface area (Å²) in [6.45, 7) is 6.32. The number of hydrogen-bond acceptors (Lipinski definition) is 11. The summed E-state index contributed by atoms with van der Waals surface area (Å²) in [6.07, 6.45) is 0.867. The second-order valence-electron chi connectivity index (χ2n) is 14.4. The summed E-state index contributed by atoms with van der Waals surface area (Å²) in [4.78, 5) is 105. The van der Waals surface area contributed by atoms with Gasteiger partial charge >= 0.3 is 5.97 Å². The summed E-state index contributed by atoms with van der Waals surface area (Å²) in [6, 6.07) is 0.366. The fourth-order valence-electron chi connectivity index (χ4n) is 6.13. The average molecular weight is 807 g/mol. The van der Waals surface area contributed by atoms with Crippen LogP contribution >= 0.6 is 12.6 Å². The lowest BCUT2D eigenvalue weighted by Crippen LogP contribution is -2.61. The Labute approximate surface area is 332 Å². The summed E-state index contributed by atoms with van der Waals surface area (Å²) >= 11 is 3.97. The van der Waals surface area contributed by atoms with Crippen LogP contribution < -0.4 is 38.1 Å². The molecule has 11 N–H and O–H groups in total. The highest BCUT2D eigenvalue weighted by molar-refractivity contribution is 7.80. The van der Waals surface area contributed by atoms with E-state index in [2.05, 4.69) is 39.2 Å². The summed E-state index contributed by atoms with van der Waals surface area (Å²) in [5.41, 5.74) is 12.2. The van der Waals surface area contributed by atoms with Gasteiger partial charge in [-0.15, -0.1) is 0 Å². The Kier molecular flexibility index (Phi) is 19.8. The third kappa shape index (κ3) is 14.7. The van der Waals surface area contributed by atoms with E-state index in [1.165, 1.54) is 4.90 Å². The van der Waals surface area contributed by atoms with Crippen molar-refractivity contribution in [1.29, 1.82) is 0 Å². The lowest BCUT2D eigenvalue weighted by atomic mass is 9.97. The van der Waals surface area contributed by atoms with Gasteiger partial charge < -0.3 is 53.2 Å². The van der Waals surface area contributed by atoms with E-state index in [9.17, 15) is 48.6 Å². The first-order valence-electron chi connectivity index (χ1n) is 18.8. The molecule has 1 aromatic carbocycles. The molecule has 0 unspecified atom stereocenters. The molecule has 0 spiro atoms. The number of nitrogens with one attached hydrogen (secondary N) is 5. The lowest BCUT2D eigenvalue weighted by molar-refractivity contribution is -0.144. The molecule has 312 valence electrons. The van der Waals surface area contributed by atoms with Crippen molar-refractivity contribution < 1.29 is 48.6 Å². The van der Waals surface area contributed by atoms with Crippen molar-refractivity contribution in [3.63, 3.8) is 0 Å². The van der Waals surface area contributed by atoms with E-state index in [4.69, 9.17) is 11.5 Å². The van der Waals surface area contributed by atoms with Crippen LogP contribution in [0.25, 0.3) is 0 Å². The first-order chi connectivity index (χ1) is 26.4. The molecule has 1 saturated heterocycles. The topological polar surface area (TPSA) is 292 Å². The largest absolute Gasteiger partial charge is 0.480 e. The Morgan fingerprint density at radius 3 is 2.00 bits per heavy atom. The summed E-state index contributed by atoms with van der Waals surface area (Å²) in [5.74, 6) is -7.25. The molecule has 1 aliphatic rings. The minimum absolute atomic E-state index is 0.0810. The number of rotatable bonds is 23. The fourth-order valence-corrected chi connectivity index (χ4v) is 6.38. The zero-order chi connectivity index (χ0) is 42.1. The quantitative estimate of drug-likeness (QED) is 0.0559. The summed E-state index contributed by atoms with van der Waals surface area (Å²) < 4.78 is 0. The summed E-state index contributed by atoms with van der Waals surface area (Å²) in [5, 5.41) is 32.3. The van der Waals surface area contributed by atoms with Gasteiger partial charge in [0.15, 0.2) is 0 Å². The maximum absolute atomic E-state index is 13.8. The van der Waals surface area contributed by atoms with E-state index in [0.717, 1.165) is 5.56 Å². The third-order valence-electron chi connectivity index (χ3n) is 9.51. The Morgan fingerprint density at radius 1 is 0.857 bits per heavy atom. The number of carboxylic acids is 1. The van der Waals surface area contributed by atoms with Crippen LogP contribution in [0.4, 0.5) is 0 Å². The van der Waals surface area contributed by atoms with E-state index in [-0.39, 0.29) is 50.3 Å². The van der Waals surface area contributed by atoms with Crippen molar-refractivity contribution >= 4 is 59.9 Å². The van der Waals surface area contributed by atoms with Crippen molar-refractivity contribution in [2.24, 2.45) is 23.3 Å². The molecular weight excluding hydrogens is 749 g/mol. The molecule has 0 aliphatic carbocycles. The Balaban J connectivity index is 2.21. The highest BCUT2D eigenvalue weighted by atomic mass is 32.1. The van der Waals surface area contributed by atoms with Crippen molar-refractivity contribution in [2.45, 2.75) is 115 Å². The molecule has 0 radical (unpaired) electrons. The molecule has 56 heavy (non-hydrogen) atoms. The van der Waals surface area contributed by atoms with Crippen molar-refractivity contribution in [2.75, 3.05) is 18.9 Å². The van der Waals surface area contributed by atoms with E-state index < -0.39 is 102 Å². The molecule has 0 bridgehead atoms.